The third-order valence-corrected chi connectivity index (χ3v) is 2.68. The summed E-state index contributed by atoms with van der Waals surface area (Å²) in [6, 6.07) is 7.37. The van der Waals surface area contributed by atoms with E-state index >= 15 is 0 Å². The van der Waals surface area contributed by atoms with Crippen LogP contribution in [0.4, 0.5) is 0 Å². The first-order valence-electron chi connectivity index (χ1n) is 4.51. The standard InChI is InChI=1S/C11H9BrN2O/c12-10-2-1-7-14(11(10)15)8-9-3-5-13-6-4-9/h1-7H,8H2. The van der Waals surface area contributed by atoms with E-state index in [2.05, 4.69) is 20.9 Å². The first-order valence-corrected chi connectivity index (χ1v) is 5.30. The van der Waals surface area contributed by atoms with Gasteiger partial charge in [-0.3, -0.25) is 9.78 Å². The molecule has 0 aliphatic heterocycles. The lowest BCUT2D eigenvalue weighted by atomic mass is 10.2. The summed E-state index contributed by atoms with van der Waals surface area (Å²) in [7, 11) is 0. The highest BCUT2D eigenvalue weighted by molar-refractivity contribution is 9.10. The molecule has 0 aromatic carbocycles. The molecule has 0 bridgehead atoms. The van der Waals surface area contributed by atoms with Gasteiger partial charge in [-0.2, -0.15) is 0 Å². The second-order valence-corrected chi connectivity index (χ2v) is 4.00. The molecule has 0 amide bonds. The Hall–Kier alpha value is -1.42. The molecular formula is C11H9BrN2O. The van der Waals surface area contributed by atoms with E-state index in [1.54, 1.807) is 29.2 Å². The summed E-state index contributed by atoms with van der Waals surface area (Å²) in [5.41, 5.74) is 1.04. The van der Waals surface area contributed by atoms with Gasteiger partial charge in [0, 0.05) is 18.6 Å². The minimum atomic E-state index is -0.0192. The fraction of sp³-hybridized carbons (Fsp3) is 0.0909. The molecule has 2 aromatic heterocycles. The van der Waals surface area contributed by atoms with Crippen LogP contribution in [-0.4, -0.2) is 9.55 Å². The smallest absolute Gasteiger partial charge is 0.265 e. The maximum Gasteiger partial charge on any atom is 0.265 e. The molecule has 0 atom stereocenters. The molecular weight excluding hydrogens is 256 g/mol. The van der Waals surface area contributed by atoms with E-state index in [-0.39, 0.29) is 5.56 Å². The van der Waals surface area contributed by atoms with Gasteiger partial charge in [0.15, 0.2) is 0 Å². The summed E-state index contributed by atoms with van der Waals surface area (Å²) >= 11 is 3.21. The van der Waals surface area contributed by atoms with E-state index in [1.165, 1.54) is 0 Å². The molecule has 76 valence electrons. The van der Waals surface area contributed by atoms with Gasteiger partial charge in [0.05, 0.1) is 11.0 Å². The van der Waals surface area contributed by atoms with E-state index in [9.17, 15) is 4.79 Å². The summed E-state index contributed by atoms with van der Waals surface area (Å²) in [6.07, 6.45) is 5.21. The van der Waals surface area contributed by atoms with Gasteiger partial charge in [-0.1, -0.05) is 0 Å². The van der Waals surface area contributed by atoms with Crippen LogP contribution < -0.4 is 5.56 Å². The summed E-state index contributed by atoms with van der Waals surface area (Å²) < 4.78 is 2.23. The van der Waals surface area contributed by atoms with Crippen molar-refractivity contribution in [1.29, 1.82) is 0 Å². The maximum atomic E-state index is 11.7. The Labute approximate surface area is 95.5 Å². The molecule has 0 aliphatic rings. The largest absolute Gasteiger partial charge is 0.310 e. The number of hydrogen-bond donors (Lipinski definition) is 0. The molecule has 2 heterocycles. The van der Waals surface area contributed by atoms with Crippen LogP contribution in [0.5, 0.6) is 0 Å². The van der Waals surface area contributed by atoms with Crippen LogP contribution in [0.2, 0.25) is 0 Å². The second kappa shape index (κ2) is 4.40. The van der Waals surface area contributed by atoms with Crippen molar-refractivity contribution in [3.63, 3.8) is 0 Å². The Balaban J connectivity index is 2.33. The van der Waals surface area contributed by atoms with E-state index in [0.29, 0.717) is 11.0 Å². The predicted molar refractivity (Wildman–Crippen MR) is 61.7 cm³/mol. The minimum Gasteiger partial charge on any atom is -0.310 e. The van der Waals surface area contributed by atoms with Crippen molar-refractivity contribution < 1.29 is 0 Å². The highest BCUT2D eigenvalue weighted by Gasteiger charge is 2.00. The topological polar surface area (TPSA) is 34.9 Å². The van der Waals surface area contributed by atoms with Crippen LogP contribution >= 0.6 is 15.9 Å². The molecule has 0 aliphatic carbocycles. The van der Waals surface area contributed by atoms with Crippen molar-refractivity contribution in [2.75, 3.05) is 0 Å². The summed E-state index contributed by atoms with van der Waals surface area (Å²) in [4.78, 5) is 15.6. The molecule has 2 rings (SSSR count). The highest BCUT2D eigenvalue weighted by Crippen LogP contribution is 2.03. The van der Waals surface area contributed by atoms with Gasteiger partial charge >= 0.3 is 0 Å². The molecule has 0 saturated heterocycles. The van der Waals surface area contributed by atoms with Crippen LogP contribution in [0.1, 0.15) is 5.56 Å². The van der Waals surface area contributed by atoms with Gasteiger partial charge in [0.1, 0.15) is 0 Å². The van der Waals surface area contributed by atoms with Crippen LogP contribution in [0.25, 0.3) is 0 Å². The Morgan fingerprint density at radius 3 is 2.73 bits per heavy atom. The zero-order chi connectivity index (χ0) is 10.7. The molecule has 0 spiro atoms. The number of hydrogen-bond acceptors (Lipinski definition) is 2. The van der Waals surface area contributed by atoms with Crippen LogP contribution in [0.15, 0.2) is 52.1 Å². The molecule has 0 radical (unpaired) electrons. The quantitative estimate of drug-likeness (QED) is 0.833. The Morgan fingerprint density at radius 2 is 2.00 bits per heavy atom. The predicted octanol–water partition coefficient (Wildman–Crippen LogP) is 2.05. The molecule has 0 saturated carbocycles. The Morgan fingerprint density at radius 1 is 1.27 bits per heavy atom. The van der Waals surface area contributed by atoms with E-state index in [1.807, 2.05) is 18.2 Å². The molecule has 15 heavy (non-hydrogen) atoms. The molecule has 0 N–H and O–H groups in total. The Kier molecular flexibility index (Phi) is 2.97. The molecule has 0 fully saturated rings. The van der Waals surface area contributed by atoms with Crippen molar-refractivity contribution in [1.82, 2.24) is 9.55 Å². The van der Waals surface area contributed by atoms with Crippen molar-refractivity contribution in [2.45, 2.75) is 6.54 Å². The van der Waals surface area contributed by atoms with Crippen molar-refractivity contribution in [3.8, 4) is 0 Å². The normalized spacial score (nSPS) is 10.2. The summed E-state index contributed by atoms with van der Waals surface area (Å²) in [5, 5.41) is 0. The van der Waals surface area contributed by atoms with Crippen molar-refractivity contribution >= 4 is 15.9 Å². The van der Waals surface area contributed by atoms with E-state index in [0.717, 1.165) is 5.56 Å². The molecule has 0 unspecified atom stereocenters. The first-order chi connectivity index (χ1) is 7.27. The third kappa shape index (κ3) is 2.33. The fourth-order valence-corrected chi connectivity index (χ4v) is 1.70. The Bertz CT molecular complexity index is 507. The van der Waals surface area contributed by atoms with Crippen molar-refractivity contribution in [3.05, 3.63) is 63.2 Å². The SMILES string of the molecule is O=c1c(Br)cccn1Cc1ccncc1. The van der Waals surface area contributed by atoms with E-state index in [4.69, 9.17) is 0 Å². The molecule has 4 heteroatoms. The minimum absolute atomic E-state index is 0.0192. The maximum absolute atomic E-state index is 11.7. The van der Waals surface area contributed by atoms with Crippen molar-refractivity contribution in [2.24, 2.45) is 0 Å². The average Bonchev–Trinajstić information content (AvgIpc) is 2.26. The van der Waals surface area contributed by atoms with Gasteiger partial charge in [-0.25, -0.2) is 0 Å². The zero-order valence-corrected chi connectivity index (χ0v) is 9.52. The lowest BCUT2D eigenvalue weighted by molar-refractivity contribution is 0.754. The third-order valence-electron chi connectivity index (χ3n) is 2.08. The molecule has 2 aromatic rings. The number of nitrogens with zero attached hydrogens (tertiary/aromatic N) is 2. The van der Waals surface area contributed by atoms with Gasteiger partial charge in [0.25, 0.3) is 5.56 Å². The van der Waals surface area contributed by atoms with Crippen LogP contribution in [-0.2, 0) is 6.54 Å². The van der Waals surface area contributed by atoms with E-state index < -0.39 is 0 Å². The van der Waals surface area contributed by atoms with Crippen LogP contribution in [0.3, 0.4) is 0 Å². The lowest BCUT2D eigenvalue weighted by Crippen LogP contribution is -2.20. The summed E-state index contributed by atoms with van der Waals surface area (Å²) in [6.45, 7) is 0.570. The lowest BCUT2D eigenvalue weighted by Gasteiger charge is -2.05. The first kappa shape index (κ1) is 10.1. The van der Waals surface area contributed by atoms with Crippen LogP contribution in [0, 0.1) is 0 Å². The van der Waals surface area contributed by atoms with Gasteiger partial charge < -0.3 is 4.57 Å². The average molecular weight is 265 g/mol. The number of aromatic nitrogens is 2. The molecule has 3 nitrogen and oxygen atoms in total. The number of rotatable bonds is 2. The monoisotopic (exact) mass is 264 g/mol. The zero-order valence-electron chi connectivity index (χ0n) is 7.93. The number of halogens is 1. The van der Waals surface area contributed by atoms with Gasteiger partial charge in [0.2, 0.25) is 0 Å². The summed E-state index contributed by atoms with van der Waals surface area (Å²) in [5.74, 6) is 0. The number of pyridine rings is 2. The second-order valence-electron chi connectivity index (χ2n) is 3.14. The highest BCUT2D eigenvalue weighted by atomic mass is 79.9. The fourth-order valence-electron chi connectivity index (χ4n) is 1.32. The van der Waals surface area contributed by atoms with Gasteiger partial charge in [-0.05, 0) is 45.8 Å². The van der Waals surface area contributed by atoms with Gasteiger partial charge in [-0.15, -0.1) is 0 Å².